The van der Waals surface area contributed by atoms with E-state index >= 15 is 0 Å². The van der Waals surface area contributed by atoms with Gasteiger partial charge in [-0.15, -0.1) is 3.96 Å². The Labute approximate surface area is 180 Å². The van der Waals surface area contributed by atoms with Gasteiger partial charge in [0.05, 0.1) is 0 Å². The Balaban J connectivity index is 0.000000775. The average molecular weight is 665 g/mol. The Morgan fingerprint density at radius 2 is 1.45 bits per heavy atom. The van der Waals surface area contributed by atoms with E-state index in [-0.39, 0.29) is 24.0 Å². The molecule has 116 valence electrons. The van der Waals surface area contributed by atoms with Gasteiger partial charge in [0, 0.05) is 48.2 Å². The summed E-state index contributed by atoms with van der Waals surface area (Å²) >= 11 is 7.83. The van der Waals surface area contributed by atoms with Gasteiger partial charge in [-0.25, -0.2) is 0 Å². The van der Waals surface area contributed by atoms with Crippen molar-refractivity contribution in [1.29, 1.82) is 0 Å². The van der Waals surface area contributed by atoms with E-state index in [1.807, 2.05) is 6.07 Å². The van der Waals surface area contributed by atoms with Crippen LogP contribution in [0.4, 0.5) is 0 Å². The lowest BCUT2D eigenvalue weighted by atomic mass is 10.2. The minimum absolute atomic E-state index is 0. The Morgan fingerprint density at radius 1 is 0.909 bits per heavy atom. The SMILES string of the molecule is C[n+]1sc(-c2ccccc2)cc1Sc1ccccc1.II.[I-]. The maximum absolute atomic E-state index is 2.26. The highest BCUT2D eigenvalue weighted by Gasteiger charge is 2.16. The predicted molar refractivity (Wildman–Crippen MR) is 110 cm³/mol. The van der Waals surface area contributed by atoms with Gasteiger partial charge in [0.1, 0.15) is 16.4 Å². The van der Waals surface area contributed by atoms with Crippen molar-refractivity contribution < 1.29 is 27.9 Å². The first kappa shape index (κ1) is 20.7. The summed E-state index contributed by atoms with van der Waals surface area (Å²) in [6.07, 6.45) is 0. The third-order valence-electron chi connectivity index (χ3n) is 2.82. The van der Waals surface area contributed by atoms with Crippen molar-refractivity contribution in [3.8, 4) is 10.4 Å². The maximum Gasteiger partial charge on any atom is 0.259 e. The first-order valence-corrected chi connectivity index (χ1v) is 14.1. The number of rotatable bonds is 3. The van der Waals surface area contributed by atoms with E-state index in [9.17, 15) is 0 Å². The molecule has 1 nitrogen and oxygen atoms in total. The fourth-order valence-corrected chi connectivity index (χ4v) is 3.85. The zero-order chi connectivity index (χ0) is 15.1. The highest BCUT2D eigenvalue weighted by Crippen LogP contribution is 2.31. The third kappa shape index (κ3) is 5.91. The van der Waals surface area contributed by atoms with Crippen molar-refractivity contribution in [2.24, 2.45) is 7.05 Å². The molecule has 0 spiro atoms. The molecule has 22 heavy (non-hydrogen) atoms. The molecule has 0 atom stereocenters. The number of aryl methyl sites for hydroxylation is 1. The second-order valence-corrected chi connectivity index (χ2v) is 6.48. The van der Waals surface area contributed by atoms with Gasteiger partial charge < -0.3 is 24.0 Å². The van der Waals surface area contributed by atoms with E-state index in [0.717, 1.165) is 0 Å². The lowest BCUT2D eigenvalue weighted by Gasteiger charge is -1.94. The lowest BCUT2D eigenvalue weighted by molar-refractivity contribution is -0.640. The van der Waals surface area contributed by atoms with Crippen molar-refractivity contribution in [1.82, 2.24) is 0 Å². The molecular weight excluding hydrogens is 651 g/mol. The van der Waals surface area contributed by atoms with Crippen molar-refractivity contribution >= 4 is 60.5 Å². The smallest absolute Gasteiger partial charge is 0.259 e. The van der Waals surface area contributed by atoms with Crippen molar-refractivity contribution in [2.75, 3.05) is 0 Å². The molecule has 3 rings (SSSR count). The first-order chi connectivity index (χ1) is 10.3. The van der Waals surface area contributed by atoms with Crippen molar-refractivity contribution in [3.63, 3.8) is 0 Å². The summed E-state index contributed by atoms with van der Waals surface area (Å²) in [6, 6.07) is 23.3. The van der Waals surface area contributed by atoms with Crippen molar-refractivity contribution in [2.45, 2.75) is 9.92 Å². The quantitative estimate of drug-likeness (QED) is 0.308. The van der Waals surface area contributed by atoms with Crippen LogP contribution in [0.1, 0.15) is 0 Å². The molecule has 0 saturated carbocycles. The topological polar surface area (TPSA) is 3.88 Å². The fraction of sp³-hybridized carbons (Fsp3) is 0.0625. The minimum atomic E-state index is 0. The van der Waals surface area contributed by atoms with E-state index in [0.29, 0.717) is 0 Å². The van der Waals surface area contributed by atoms with Gasteiger partial charge in [-0.1, -0.05) is 48.5 Å². The fourth-order valence-electron chi connectivity index (χ4n) is 1.86. The Morgan fingerprint density at radius 3 is 2.05 bits per heavy atom. The predicted octanol–water partition coefficient (Wildman–Crippen LogP) is 3.17. The van der Waals surface area contributed by atoms with Crippen LogP contribution in [0, 0.1) is 0 Å². The van der Waals surface area contributed by atoms with Crippen LogP contribution >= 0.6 is 60.5 Å². The summed E-state index contributed by atoms with van der Waals surface area (Å²) in [4.78, 5) is 2.58. The molecule has 0 fully saturated rings. The standard InChI is InChI=1S/C16H14NS2.I2.HI/c1-17-16(18-14-10-6-3-7-11-14)12-15(19-17)13-8-4-2-5-9-13;1-2;/h2-12H,1H3;;1H/q+1;;/p-1. The maximum atomic E-state index is 2.26. The number of nitrogens with zero attached hydrogens (tertiary/aromatic N) is 1. The number of halogens is 3. The molecule has 6 heteroatoms. The second kappa shape index (κ2) is 11.2. The van der Waals surface area contributed by atoms with Crippen LogP contribution in [0.3, 0.4) is 0 Å². The molecule has 3 aromatic rings. The molecular formula is C16H14I3NS2. The molecule has 0 amide bonds. The molecule has 0 radical (unpaired) electrons. The summed E-state index contributed by atoms with van der Waals surface area (Å²) in [5.74, 6) is 0. The van der Waals surface area contributed by atoms with Gasteiger partial charge in [0.25, 0.3) is 5.03 Å². The van der Waals surface area contributed by atoms with E-state index < -0.39 is 0 Å². The molecule has 0 aliphatic heterocycles. The van der Waals surface area contributed by atoms with Crippen LogP contribution in [0.5, 0.6) is 0 Å². The summed E-state index contributed by atoms with van der Waals surface area (Å²) in [5, 5.41) is 1.27. The van der Waals surface area contributed by atoms with Gasteiger partial charge in [0.15, 0.2) is 7.05 Å². The average Bonchev–Trinajstić information content (AvgIpc) is 2.92. The van der Waals surface area contributed by atoms with Crippen LogP contribution in [-0.2, 0) is 7.05 Å². The molecule has 0 aliphatic carbocycles. The summed E-state index contributed by atoms with van der Waals surface area (Å²) in [7, 11) is 2.11. The molecule has 1 heterocycles. The first-order valence-electron chi connectivity index (χ1n) is 6.26. The molecule has 0 aliphatic rings. The van der Waals surface area contributed by atoms with E-state index in [1.54, 1.807) is 23.3 Å². The number of hydrogen-bond acceptors (Lipinski definition) is 2. The van der Waals surface area contributed by atoms with Gasteiger partial charge in [-0.05, 0) is 29.5 Å². The second-order valence-electron chi connectivity index (χ2n) is 4.22. The molecule has 0 N–H and O–H groups in total. The normalized spacial score (nSPS) is 9.41. The number of hydrogen-bond donors (Lipinski definition) is 0. The zero-order valence-electron chi connectivity index (χ0n) is 11.7. The van der Waals surface area contributed by atoms with Gasteiger partial charge in [-0.2, -0.15) is 0 Å². The van der Waals surface area contributed by atoms with E-state index in [1.165, 1.54) is 20.4 Å². The lowest BCUT2D eigenvalue weighted by Crippen LogP contribution is -3.00. The van der Waals surface area contributed by atoms with Gasteiger partial charge >= 0.3 is 0 Å². The highest BCUT2D eigenvalue weighted by molar-refractivity contribution is 15.0. The number of aromatic nitrogens is 1. The van der Waals surface area contributed by atoms with Crippen LogP contribution in [-0.4, -0.2) is 0 Å². The zero-order valence-corrected chi connectivity index (χ0v) is 19.9. The van der Waals surface area contributed by atoms with E-state index in [2.05, 4.69) is 109 Å². The monoisotopic (exact) mass is 665 g/mol. The third-order valence-corrected chi connectivity index (χ3v) is 5.07. The molecule has 1 aromatic heterocycles. The van der Waals surface area contributed by atoms with Crippen LogP contribution in [0.15, 0.2) is 76.7 Å². The number of benzene rings is 2. The Hall–Kier alpha value is 0.610. The minimum Gasteiger partial charge on any atom is -1.00 e. The highest BCUT2D eigenvalue weighted by atomic mass is 128. The Bertz CT molecular complexity index is 672. The van der Waals surface area contributed by atoms with Crippen molar-refractivity contribution in [3.05, 3.63) is 66.7 Å². The van der Waals surface area contributed by atoms with Gasteiger partial charge in [-0.3, -0.25) is 0 Å². The summed E-state index contributed by atoms with van der Waals surface area (Å²) in [5.41, 5.74) is 1.28. The van der Waals surface area contributed by atoms with Crippen LogP contribution < -0.4 is 27.9 Å². The molecule has 0 unspecified atom stereocenters. The molecule has 0 bridgehead atoms. The Kier molecular flexibility index (Phi) is 10.5. The van der Waals surface area contributed by atoms with E-state index in [4.69, 9.17) is 0 Å². The molecule has 0 saturated heterocycles. The largest absolute Gasteiger partial charge is 1.00 e. The van der Waals surface area contributed by atoms with Crippen LogP contribution in [0.2, 0.25) is 0 Å². The molecule has 2 aromatic carbocycles. The van der Waals surface area contributed by atoms with Gasteiger partial charge in [0.2, 0.25) is 0 Å². The summed E-state index contributed by atoms with van der Waals surface area (Å²) in [6.45, 7) is 0. The summed E-state index contributed by atoms with van der Waals surface area (Å²) < 4.78 is 2.22. The van der Waals surface area contributed by atoms with Crippen LogP contribution in [0.25, 0.3) is 10.4 Å².